The third-order valence-electron chi connectivity index (χ3n) is 11.4. The summed E-state index contributed by atoms with van der Waals surface area (Å²) in [5.41, 5.74) is 2.07. The van der Waals surface area contributed by atoms with E-state index in [1.807, 2.05) is 45.4 Å². The molecular weight excluding hydrogens is 683 g/mol. The van der Waals surface area contributed by atoms with E-state index in [0.717, 1.165) is 34.9 Å². The molecule has 280 valence electrons. The number of ketones is 1. The van der Waals surface area contributed by atoms with Crippen LogP contribution in [0.5, 0.6) is 0 Å². The zero-order chi connectivity index (χ0) is 37.8. The van der Waals surface area contributed by atoms with Crippen molar-refractivity contribution in [3.63, 3.8) is 0 Å². The average molecular weight is 752 g/mol. The molecule has 0 fully saturated rings. The van der Waals surface area contributed by atoms with Crippen molar-refractivity contribution in [1.29, 1.82) is 0 Å². The molecule has 0 aromatic carbocycles. The minimum atomic E-state index is -2.40. The fourth-order valence-corrected chi connectivity index (χ4v) is 9.98. The molecule has 0 spiro atoms. The van der Waals surface area contributed by atoms with E-state index in [4.69, 9.17) is 18.6 Å². The Balaban J connectivity index is 2.66. The maximum atomic E-state index is 14.8. The number of esters is 1. The van der Waals surface area contributed by atoms with Gasteiger partial charge in [0.2, 0.25) is 0 Å². The highest BCUT2D eigenvalue weighted by Gasteiger charge is 2.50. The van der Waals surface area contributed by atoms with Gasteiger partial charge >= 0.3 is 5.97 Å². The van der Waals surface area contributed by atoms with Crippen molar-refractivity contribution >= 4 is 57.6 Å². The number of aromatic nitrogens is 1. The molecule has 0 saturated heterocycles. The predicted octanol–water partition coefficient (Wildman–Crippen LogP) is 11.7. The number of cyclic esters (lactones) is 1. The molecule has 0 N–H and O–H groups in total. The van der Waals surface area contributed by atoms with Gasteiger partial charge in [0, 0.05) is 23.1 Å². The smallest absolute Gasteiger partial charge is 0.309 e. The molecule has 2 rings (SSSR count). The van der Waals surface area contributed by atoms with Crippen LogP contribution in [0.1, 0.15) is 121 Å². The van der Waals surface area contributed by atoms with Crippen molar-refractivity contribution in [3.05, 3.63) is 28.3 Å². The number of thiazole rings is 1. The predicted molar refractivity (Wildman–Crippen MR) is 216 cm³/mol. The number of rotatable bonds is 7. The van der Waals surface area contributed by atoms with Crippen LogP contribution in [-0.4, -0.2) is 57.9 Å². The van der Waals surface area contributed by atoms with Gasteiger partial charge in [-0.25, -0.2) is 4.98 Å². The van der Waals surface area contributed by atoms with E-state index in [1.54, 1.807) is 23.1 Å². The quantitative estimate of drug-likeness (QED) is 0.119. The molecular formula is C39H69NO5S2Si2. The number of carbonyl (C=O) groups is 2. The number of carbonyl (C=O) groups excluding carboxylic acids is 2. The molecule has 49 heavy (non-hydrogen) atoms. The zero-order valence-electron chi connectivity index (χ0n) is 34.0. The normalized spacial score (nSPS) is 27.4. The van der Waals surface area contributed by atoms with Gasteiger partial charge in [-0.2, -0.15) is 0 Å². The Morgan fingerprint density at radius 3 is 2.12 bits per heavy atom. The summed E-state index contributed by atoms with van der Waals surface area (Å²) >= 11 is 3.24. The van der Waals surface area contributed by atoms with Gasteiger partial charge in [0.25, 0.3) is 0 Å². The Morgan fingerprint density at radius 2 is 1.59 bits per heavy atom. The molecule has 1 aromatic heterocycles. The molecule has 0 saturated carbocycles. The first-order valence-corrected chi connectivity index (χ1v) is 26.1. The number of allylic oxidation sites excluding steroid dienone is 1. The molecule has 0 aliphatic carbocycles. The van der Waals surface area contributed by atoms with E-state index >= 15 is 0 Å². The lowest BCUT2D eigenvalue weighted by Gasteiger charge is -2.46. The minimum Gasteiger partial charge on any atom is -0.457 e. The number of ether oxygens (including phenoxy) is 1. The fourth-order valence-electron chi connectivity index (χ4n) is 5.84. The first-order chi connectivity index (χ1) is 22.2. The molecule has 5 atom stereocenters. The van der Waals surface area contributed by atoms with Crippen molar-refractivity contribution in [2.24, 2.45) is 17.3 Å². The summed E-state index contributed by atoms with van der Waals surface area (Å²) in [6, 6.07) is 0. The number of hydrogen-bond acceptors (Lipinski definition) is 8. The first kappa shape index (κ1) is 44.1. The molecule has 6 nitrogen and oxygen atoms in total. The highest BCUT2D eigenvalue weighted by Crippen LogP contribution is 2.44. The highest BCUT2D eigenvalue weighted by molar-refractivity contribution is 8.00. The number of nitrogens with zero attached hydrogens (tertiary/aromatic N) is 1. The van der Waals surface area contributed by atoms with E-state index in [9.17, 15) is 9.59 Å². The van der Waals surface area contributed by atoms with Gasteiger partial charge in [-0.3, -0.25) is 9.59 Å². The summed E-state index contributed by atoms with van der Waals surface area (Å²) in [4.78, 5) is 33.6. The maximum absolute atomic E-state index is 14.8. The maximum Gasteiger partial charge on any atom is 0.309 e. The van der Waals surface area contributed by atoms with Crippen molar-refractivity contribution in [1.82, 2.24) is 4.98 Å². The second kappa shape index (κ2) is 17.2. The summed E-state index contributed by atoms with van der Waals surface area (Å²) in [6.07, 6.45) is 8.52. The van der Waals surface area contributed by atoms with Gasteiger partial charge in [0.05, 0.1) is 24.3 Å². The van der Waals surface area contributed by atoms with Crippen LogP contribution in [-0.2, 0) is 23.2 Å². The monoisotopic (exact) mass is 751 g/mol. The van der Waals surface area contributed by atoms with Gasteiger partial charge in [-0.05, 0) is 93.2 Å². The molecule has 0 unspecified atom stereocenters. The molecule has 0 bridgehead atoms. The van der Waals surface area contributed by atoms with E-state index in [-0.39, 0.29) is 46.2 Å². The number of hydrogen-bond donors (Lipinski definition) is 0. The van der Waals surface area contributed by atoms with Crippen molar-refractivity contribution in [2.75, 3.05) is 6.26 Å². The average Bonchev–Trinajstić information content (AvgIpc) is 3.42. The molecule has 2 heterocycles. The van der Waals surface area contributed by atoms with Crippen LogP contribution in [0.2, 0.25) is 36.3 Å². The zero-order valence-corrected chi connectivity index (χ0v) is 37.6. The summed E-state index contributed by atoms with van der Waals surface area (Å²) in [6.45, 7) is 34.6. The Morgan fingerprint density at radius 1 is 1.02 bits per heavy atom. The van der Waals surface area contributed by atoms with Gasteiger partial charge in [0.15, 0.2) is 16.6 Å². The number of thioether (sulfide) groups is 1. The summed E-state index contributed by atoms with van der Waals surface area (Å²) in [5.74, 6) is -0.436. The third kappa shape index (κ3) is 12.0. The van der Waals surface area contributed by atoms with Gasteiger partial charge in [-0.15, -0.1) is 11.3 Å². The highest BCUT2D eigenvalue weighted by atomic mass is 32.2. The Hall–Kier alpha value is -1.05. The lowest BCUT2D eigenvalue weighted by atomic mass is 9.73. The molecule has 0 radical (unpaired) electrons. The van der Waals surface area contributed by atoms with Crippen LogP contribution >= 0.6 is 23.1 Å². The number of Topliss-reactive ketones (excluding diaryl/α,β-unsaturated/α-hetero) is 1. The summed E-state index contributed by atoms with van der Waals surface area (Å²) in [5, 5.41) is 1.95. The third-order valence-corrected chi connectivity index (χ3v) is 22.3. The Bertz CT molecular complexity index is 1340. The van der Waals surface area contributed by atoms with Crippen LogP contribution in [0.15, 0.2) is 26.9 Å². The molecule has 1 aliphatic rings. The van der Waals surface area contributed by atoms with E-state index in [2.05, 4.69) is 87.7 Å². The second-order valence-corrected chi connectivity index (χ2v) is 29.5. The Labute approximate surface area is 310 Å². The minimum absolute atomic E-state index is 0.00114. The van der Waals surface area contributed by atoms with Gasteiger partial charge in [0.1, 0.15) is 16.2 Å². The van der Waals surface area contributed by atoms with Gasteiger partial charge < -0.3 is 13.6 Å². The second-order valence-electron chi connectivity index (χ2n) is 18.1. The summed E-state index contributed by atoms with van der Waals surface area (Å²) < 4.78 is 21.5. The molecule has 1 aromatic rings. The Kier molecular flexibility index (Phi) is 15.5. The van der Waals surface area contributed by atoms with Crippen LogP contribution in [0.4, 0.5) is 0 Å². The molecule has 0 amide bonds. The van der Waals surface area contributed by atoms with Crippen molar-refractivity contribution in [2.45, 2.75) is 174 Å². The molecule has 10 heteroatoms. The van der Waals surface area contributed by atoms with Crippen molar-refractivity contribution in [3.8, 4) is 0 Å². The SMILES string of the molecule is CSc1nc(/C=C(\C)[C@H]2C/C(C)=C\CCC[C@H](C)[C@H](O[Si](C)(C)C(C)(C)C)[C@H](C)C(=O)C(C)(C)[C@@H](O[Si](C)(C)C(C)(C)C)CC(=O)O2)cs1. The molecule has 1 aliphatic heterocycles. The standard InChI is InChI=1S/C39H69NO5S2Si2/c1-26-20-18-19-21-27(2)34(45-49(16,17)38(8,9)10)29(4)35(42)39(11,12)32(44-48(14,15)37(5,6)7)24-33(41)43-31(22-26)28(3)23-30-25-47-36(40-30)46-13/h20,23,25,27,29,31-32,34H,18-19,21-22,24H2,1-17H3/b26-20-,28-23+/t27-,29-,31+,32-,34-/m0/s1. The first-order valence-electron chi connectivity index (χ1n) is 18.2. The van der Waals surface area contributed by atoms with Crippen LogP contribution < -0.4 is 0 Å². The lowest BCUT2D eigenvalue weighted by Crippen LogP contribution is -2.54. The summed E-state index contributed by atoms with van der Waals surface area (Å²) in [7, 11) is -4.59. The van der Waals surface area contributed by atoms with Crippen LogP contribution in [0.3, 0.4) is 0 Å². The van der Waals surface area contributed by atoms with Crippen LogP contribution in [0.25, 0.3) is 6.08 Å². The van der Waals surface area contributed by atoms with Crippen molar-refractivity contribution < 1.29 is 23.2 Å². The largest absolute Gasteiger partial charge is 0.457 e. The van der Waals surface area contributed by atoms with Crippen LogP contribution in [0, 0.1) is 17.3 Å². The van der Waals surface area contributed by atoms with E-state index < -0.39 is 34.3 Å². The topological polar surface area (TPSA) is 74.7 Å². The lowest BCUT2D eigenvalue weighted by molar-refractivity contribution is -0.153. The fraction of sp³-hybridized carbons (Fsp3) is 0.769. The van der Waals surface area contributed by atoms with E-state index in [1.165, 1.54) is 5.57 Å². The van der Waals surface area contributed by atoms with E-state index in [0.29, 0.717) is 6.42 Å². The van der Waals surface area contributed by atoms with Gasteiger partial charge in [-0.1, -0.05) is 92.6 Å².